The number of nitrogens with one attached hydrogen (secondary N) is 1. The van der Waals surface area contributed by atoms with Crippen LogP contribution in [0, 0.1) is 5.92 Å². The quantitative estimate of drug-likeness (QED) is 0.854. The van der Waals surface area contributed by atoms with Crippen molar-refractivity contribution in [3.05, 3.63) is 18.1 Å². The van der Waals surface area contributed by atoms with Crippen molar-refractivity contribution in [3.8, 4) is 0 Å². The Morgan fingerprint density at radius 2 is 2.11 bits per heavy atom. The first kappa shape index (κ1) is 12.8. The fourth-order valence-electron chi connectivity index (χ4n) is 2.36. The van der Waals surface area contributed by atoms with E-state index in [0.29, 0.717) is 6.04 Å². The van der Waals surface area contributed by atoms with Crippen LogP contribution < -0.4 is 5.32 Å². The Kier molecular flexibility index (Phi) is 4.12. The smallest absolute Gasteiger partial charge is 0.306 e. The molecule has 5 heteroatoms. The molecular formula is C13H19N3O2. The SMILES string of the molecule is CCc1cc(NC2CCC(C(=O)O)CC2)ncn1. The molecule has 2 rings (SSSR count). The summed E-state index contributed by atoms with van der Waals surface area (Å²) in [5.74, 6) is 0.0176. The maximum atomic E-state index is 10.9. The predicted molar refractivity (Wildman–Crippen MR) is 68.4 cm³/mol. The molecule has 0 spiro atoms. The van der Waals surface area contributed by atoms with Crippen LogP contribution in [0.5, 0.6) is 0 Å². The molecule has 18 heavy (non-hydrogen) atoms. The zero-order valence-electron chi connectivity index (χ0n) is 10.6. The monoisotopic (exact) mass is 249 g/mol. The van der Waals surface area contributed by atoms with Gasteiger partial charge in [-0.15, -0.1) is 0 Å². The van der Waals surface area contributed by atoms with Crippen LogP contribution in [-0.2, 0) is 11.2 Å². The molecule has 0 radical (unpaired) electrons. The lowest BCUT2D eigenvalue weighted by molar-refractivity contribution is -0.142. The molecule has 0 unspecified atom stereocenters. The lowest BCUT2D eigenvalue weighted by Gasteiger charge is -2.27. The Balaban J connectivity index is 1.89. The molecule has 1 heterocycles. The molecule has 1 aromatic rings. The minimum absolute atomic E-state index is 0.167. The van der Waals surface area contributed by atoms with Gasteiger partial charge in [0.05, 0.1) is 5.92 Å². The standard InChI is InChI=1S/C13H19N3O2/c1-2-10-7-12(15-8-14-10)16-11-5-3-9(4-6-11)13(17)18/h7-9,11H,2-6H2,1H3,(H,17,18)(H,14,15,16). The summed E-state index contributed by atoms with van der Waals surface area (Å²) >= 11 is 0. The number of carboxylic acids is 1. The first-order chi connectivity index (χ1) is 8.69. The summed E-state index contributed by atoms with van der Waals surface area (Å²) in [6, 6.07) is 2.30. The Morgan fingerprint density at radius 3 is 2.72 bits per heavy atom. The molecule has 2 N–H and O–H groups in total. The van der Waals surface area contributed by atoms with Crippen LogP contribution in [0.2, 0.25) is 0 Å². The van der Waals surface area contributed by atoms with Gasteiger partial charge in [0.25, 0.3) is 0 Å². The van der Waals surface area contributed by atoms with Crippen molar-refractivity contribution in [2.75, 3.05) is 5.32 Å². The maximum absolute atomic E-state index is 10.9. The van der Waals surface area contributed by atoms with Crippen molar-refractivity contribution in [2.24, 2.45) is 5.92 Å². The van der Waals surface area contributed by atoms with E-state index in [9.17, 15) is 4.79 Å². The Bertz CT molecular complexity index is 414. The van der Waals surface area contributed by atoms with E-state index >= 15 is 0 Å². The molecule has 1 fully saturated rings. The number of carbonyl (C=O) groups is 1. The van der Waals surface area contributed by atoms with Crippen molar-refractivity contribution in [1.29, 1.82) is 0 Å². The summed E-state index contributed by atoms with van der Waals surface area (Å²) in [5.41, 5.74) is 1.02. The van der Waals surface area contributed by atoms with Crippen LogP contribution in [0.4, 0.5) is 5.82 Å². The van der Waals surface area contributed by atoms with Gasteiger partial charge in [0.1, 0.15) is 12.1 Å². The number of aromatic nitrogens is 2. The van der Waals surface area contributed by atoms with E-state index < -0.39 is 5.97 Å². The third kappa shape index (κ3) is 3.18. The molecule has 0 bridgehead atoms. The van der Waals surface area contributed by atoms with Gasteiger partial charge in [-0.05, 0) is 32.1 Å². The van der Waals surface area contributed by atoms with Crippen LogP contribution in [0.25, 0.3) is 0 Å². The van der Waals surface area contributed by atoms with E-state index in [1.807, 2.05) is 6.07 Å². The first-order valence-electron chi connectivity index (χ1n) is 6.49. The summed E-state index contributed by atoms with van der Waals surface area (Å²) in [7, 11) is 0. The van der Waals surface area contributed by atoms with Gasteiger partial charge in [0, 0.05) is 17.8 Å². The van der Waals surface area contributed by atoms with Gasteiger partial charge in [0.2, 0.25) is 0 Å². The number of rotatable bonds is 4. The second-order valence-corrected chi connectivity index (χ2v) is 4.78. The molecule has 1 aromatic heterocycles. The summed E-state index contributed by atoms with van der Waals surface area (Å²) in [4.78, 5) is 19.2. The third-order valence-corrected chi connectivity index (χ3v) is 3.51. The van der Waals surface area contributed by atoms with Crippen LogP contribution in [0.3, 0.4) is 0 Å². The number of aliphatic carboxylic acids is 1. The van der Waals surface area contributed by atoms with E-state index in [-0.39, 0.29) is 5.92 Å². The predicted octanol–water partition coefficient (Wildman–Crippen LogP) is 2.09. The van der Waals surface area contributed by atoms with Crippen molar-refractivity contribution < 1.29 is 9.90 Å². The van der Waals surface area contributed by atoms with Gasteiger partial charge in [-0.3, -0.25) is 4.79 Å². The zero-order valence-corrected chi connectivity index (χ0v) is 10.6. The summed E-state index contributed by atoms with van der Waals surface area (Å²) < 4.78 is 0. The molecule has 0 aliphatic heterocycles. The average molecular weight is 249 g/mol. The van der Waals surface area contributed by atoms with Crippen LogP contribution in [-0.4, -0.2) is 27.1 Å². The molecule has 98 valence electrons. The lowest BCUT2D eigenvalue weighted by Crippen LogP contribution is -2.29. The highest BCUT2D eigenvalue weighted by atomic mass is 16.4. The van der Waals surface area contributed by atoms with Gasteiger partial charge >= 0.3 is 5.97 Å². The molecule has 0 saturated heterocycles. The van der Waals surface area contributed by atoms with Crippen LogP contribution in [0.1, 0.15) is 38.3 Å². The van der Waals surface area contributed by atoms with Crippen molar-refractivity contribution in [3.63, 3.8) is 0 Å². The van der Waals surface area contributed by atoms with Gasteiger partial charge < -0.3 is 10.4 Å². The zero-order chi connectivity index (χ0) is 13.0. The summed E-state index contributed by atoms with van der Waals surface area (Å²) in [5, 5.41) is 12.3. The highest BCUT2D eigenvalue weighted by molar-refractivity contribution is 5.70. The Labute approximate surface area is 107 Å². The maximum Gasteiger partial charge on any atom is 0.306 e. The molecule has 1 saturated carbocycles. The van der Waals surface area contributed by atoms with Crippen LogP contribution >= 0.6 is 0 Å². The normalized spacial score (nSPS) is 23.6. The number of hydrogen-bond donors (Lipinski definition) is 2. The second-order valence-electron chi connectivity index (χ2n) is 4.78. The van der Waals surface area contributed by atoms with Gasteiger partial charge in [-0.1, -0.05) is 6.92 Å². The van der Waals surface area contributed by atoms with Crippen molar-refractivity contribution >= 4 is 11.8 Å². The van der Waals surface area contributed by atoms with E-state index in [4.69, 9.17) is 5.11 Å². The summed E-state index contributed by atoms with van der Waals surface area (Å²) in [6.07, 6.45) is 5.75. The Hall–Kier alpha value is -1.65. The van der Waals surface area contributed by atoms with E-state index in [2.05, 4.69) is 22.2 Å². The number of anilines is 1. The summed E-state index contributed by atoms with van der Waals surface area (Å²) in [6.45, 7) is 2.06. The number of carboxylic acid groups (broad SMARTS) is 1. The van der Waals surface area contributed by atoms with Gasteiger partial charge in [-0.25, -0.2) is 9.97 Å². The minimum atomic E-state index is -0.663. The molecule has 0 aromatic carbocycles. The average Bonchev–Trinajstić information content (AvgIpc) is 2.39. The Morgan fingerprint density at radius 1 is 1.39 bits per heavy atom. The minimum Gasteiger partial charge on any atom is -0.481 e. The highest BCUT2D eigenvalue weighted by Gasteiger charge is 2.25. The van der Waals surface area contributed by atoms with E-state index in [1.54, 1.807) is 6.33 Å². The first-order valence-corrected chi connectivity index (χ1v) is 6.49. The number of aryl methyl sites for hydroxylation is 1. The van der Waals surface area contributed by atoms with Crippen molar-refractivity contribution in [1.82, 2.24) is 9.97 Å². The topological polar surface area (TPSA) is 75.1 Å². The second kappa shape index (κ2) is 5.80. The molecule has 1 aliphatic rings. The molecule has 0 atom stereocenters. The molecule has 1 aliphatic carbocycles. The van der Waals surface area contributed by atoms with Gasteiger partial charge in [-0.2, -0.15) is 0 Å². The van der Waals surface area contributed by atoms with E-state index in [1.165, 1.54) is 0 Å². The molecular weight excluding hydrogens is 230 g/mol. The van der Waals surface area contributed by atoms with Gasteiger partial charge in [0.15, 0.2) is 0 Å². The fourth-order valence-corrected chi connectivity index (χ4v) is 2.36. The number of hydrogen-bond acceptors (Lipinski definition) is 4. The largest absolute Gasteiger partial charge is 0.481 e. The number of nitrogens with zero attached hydrogens (tertiary/aromatic N) is 2. The van der Waals surface area contributed by atoms with Crippen LogP contribution in [0.15, 0.2) is 12.4 Å². The molecule has 0 amide bonds. The van der Waals surface area contributed by atoms with E-state index in [0.717, 1.165) is 43.6 Å². The van der Waals surface area contributed by atoms with Crippen molar-refractivity contribution in [2.45, 2.75) is 45.1 Å². The molecule has 5 nitrogen and oxygen atoms in total. The third-order valence-electron chi connectivity index (χ3n) is 3.51. The fraction of sp³-hybridized carbons (Fsp3) is 0.615. The lowest BCUT2D eigenvalue weighted by atomic mass is 9.86. The highest BCUT2D eigenvalue weighted by Crippen LogP contribution is 2.26.